The van der Waals surface area contributed by atoms with Gasteiger partial charge in [-0.05, 0) is 19.3 Å². The van der Waals surface area contributed by atoms with E-state index in [9.17, 15) is 14.4 Å². The third-order valence-corrected chi connectivity index (χ3v) is 13.1. The van der Waals surface area contributed by atoms with Gasteiger partial charge < -0.3 is 14.2 Å². The van der Waals surface area contributed by atoms with Gasteiger partial charge in [-0.1, -0.05) is 290 Å². The molecule has 0 saturated heterocycles. The Morgan fingerprint density at radius 3 is 0.635 bits per heavy atom. The lowest BCUT2D eigenvalue weighted by Crippen LogP contribution is -2.30. The molecule has 0 bridgehead atoms. The number of unbranched alkanes of at least 4 members (excludes halogenated alkanes) is 42. The van der Waals surface area contributed by atoms with Crippen molar-refractivity contribution in [2.75, 3.05) is 13.2 Å². The summed E-state index contributed by atoms with van der Waals surface area (Å²) < 4.78 is 16.9. The fourth-order valence-corrected chi connectivity index (χ4v) is 8.80. The van der Waals surface area contributed by atoms with Gasteiger partial charge in [0.15, 0.2) is 6.10 Å². The van der Waals surface area contributed by atoms with Gasteiger partial charge in [0.2, 0.25) is 0 Å². The second-order valence-electron chi connectivity index (χ2n) is 19.6. The molecular formula is C57H110O6. The highest BCUT2D eigenvalue weighted by Gasteiger charge is 2.19. The van der Waals surface area contributed by atoms with Crippen LogP contribution in [-0.4, -0.2) is 37.2 Å². The largest absolute Gasteiger partial charge is 0.462 e. The van der Waals surface area contributed by atoms with Crippen LogP contribution in [0.25, 0.3) is 0 Å². The highest BCUT2D eigenvalue weighted by Crippen LogP contribution is 2.17. The summed E-state index contributed by atoms with van der Waals surface area (Å²) >= 11 is 0. The maximum absolute atomic E-state index is 12.8. The molecule has 0 aliphatic heterocycles. The van der Waals surface area contributed by atoms with Gasteiger partial charge in [-0.3, -0.25) is 14.4 Å². The third kappa shape index (κ3) is 51.3. The summed E-state index contributed by atoms with van der Waals surface area (Å²) in [4.78, 5) is 38.1. The summed E-state index contributed by atoms with van der Waals surface area (Å²) in [5, 5.41) is 0. The van der Waals surface area contributed by atoms with Crippen LogP contribution in [0.2, 0.25) is 0 Å². The van der Waals surface area contributed by atoms with Crippen molar-refractivity contribution < 1.29 is 28.6 Å². The van der Waals surface area contributed by atoms with Crippen molar-refractivity contribution in [3.8, 4) is 0 Å². The van der Waals surface area contributed by atoms with Crippen molar-refractivity contribution in [2.45, 2.75) is 335 Å². The zero-order chi connectivity index (χ0) is 45.8. The van der Waals surface area contributed by atoms with E-state index in [0.29, 0.717) is 19.3 Å². The molecule has 6 heteroatoms. The quantitative estimate of drug-likeness (QED) is 0.0344. The van der Waals surface area contributed by atoms with E-state index in [1.54, 1.807) is 0 Å². The highest BCUT2D eigenvalue weighted by molar-refractivity contribution is 5.71. The number of hydrogen-bond donors (Lipinski definition) is 0. The van der Waals surface area contributed by atoms with Crippen molar-refractivity contribution >= 4 is 17.9 Å². The molecule has 6 nitrogen and oxygen atoms in total. The van der Waals surface area contributed by atoms with Crippen molar-refractivity contribution in [1.29, 1.82) is 0 Å². The fourth-order valence-electron chi connectivity index (χ4n) is 8.80. The molecule has 0 aromatic heterocycles. The number of carbonyl (C=O) groups excluding carboxylic acids is 3. The molecular weight excluding hydrogens is 781 g/mol. The monoisotopic (exact) mass is 891 g/mol. The van der Waals surface area contributed by atoms with Gasteiger partial charge in [-0.25, -0.2) is 0 Å². The topological polar surface area (TPSA) is 78.9 Å². The number of ether oxygens (including phenoxy) is 3. The maximum atomic E-state index is 12.8. The predicted molar refractivity (Wildman–Crippen MR) is 270 cm³/mol. The Morgan fingerprint density at radius 1 is 0.254 bits per heavy atom. The van der Waals surface area contributed by atoms with Crippen molar-refractivity contribution in [3.05, 3.63) is 0 Å². The van der Waals surface area contributed by atoms with Crippen LogP contribution in [0.4, 0.5) is 0 Å². The first-order valence-corrected chi connectivity index (χ1v) is 28.5. The van der Waals surface area contributed by atoms with Crippen LogP contribution in [-0.2, 0) is 28.6 Å². The van der Waals surface area contributed by atoms with Crippen LogP contribution in [0.3, 0.4) is 0 Å². The Kier molecular flexibility index (Phi) is 51.7. The first kappa shape index (κ1) is 61.4. The zero-order valence-corrected chi connectivity index (χ0v) is 42.9. The van der Waals surface area contributed by atoms with Crippen LogP contribution in [0.1, 0.15) is 329 Å². The molecule has 0 amide bonds. The lowest BCUT2D eigenvalue weighted by molar-refractivity contribution is -0.167. The Labute approximate surface area is 393 Å². The van der Waals surface area contributed by atoms with Crippen LogP contribution < -0.4 is 0 Å². The first-order valence-electron chi connectivity index (χ1n) is 28.5. The Balaban J connectivity index is 4.28. The average molecular weight is 892 g/mol. The van der Waals surface area contributed by atoms with E-state index < -0.39 is 6.10 Å². The molecule has 0 unspecified atom stereocenters. The van der Waals surface area contributed by atoms with Crippen molar-refractivity contribution in [3.63, 3.8) is 0 Å². The smallest absolute Gasteiger partial charge is 0.306 e. The minimum Gasteiger partial charge on any atom is -0.462 e. The lowest BCUT2D eigenvalue weighted by Gasteiger charge is -2.18. The minimum atomic E-state index is -0.760. The Morgan fingerprint density at radius 2 is 0.429 bits per heavy atom. The van der Waals surface area contributed by atoms with E-state index in [4.69, 9.17) is 14.2 Å². The second-order valence-corrected chi connectivity index (χ2v) is 19.6. The average Bonchev–Trinajstić information content (AvgIpc) is 3.28. The third-order valence-electron chi connectivity index (χ3n) is 13.1. The summed E-state index contributed by atoms with van der Waals surface area (Å²) in [6, 6.07) is 0. The predicted octanol–water partition coefficient (Wildman–Crippen LogP) is 18.8. The molecule has 0 N–H and O–H groups in total. The molecule has 63 heavy (non-hydrogen) atoms. The Hall–Kier alpha value is -1.59. The van der Waals surface area contributed by atoms with E-state index >= 15 is 0 Å². The molecule has 0 aromatic rings. The van der Waals surface area contributed by atoms with Gasteiger partial charge in [-0.15, -0.1) is 0 Å². The van der Waals surface area contributed by atoms with Crippen molar-refractivity contribution in [1.82, 2.24) is 0 Å². The maximum Gasteiger partial charge on any atom is 0.306 e. The molecule has 0 fully saturated rings. The van der Waals surface area contributed by atoms with E-state index in [2.05, 4.69) is 20.8 Å². The molecule has 0 aliphatic rings. The summed E-state index contributed by atoms with van der Waals surface area (Å²) in [5.41, 5.74) is 0. The normalized spacial score (nSPS) is 11.9. The fraction of sp³-hybridized carbons (Fsp3) is 0.947. The van der Waals surface area contributed by atoms with E-state index in [0.717, 1.165) is 57.8 Å². The van der Waals surface area contributed by atoms with Gasteiger partial charge in [0.25, 0.3) is 0 Å². The van der Waals surface area contributed by atoms with Gasteiger partial charge in [0, 0.05) is 19.3 Å². The summed E-state index contributed by atoms with van der Waals surface area (Å²) in [7, 11) is 0. The SMILES string of the molecule is CCCCCCCCCCCCCCCCCCCC(=O)OC[C@@H](COC(=O)CCCCCCCCCCCCCCCC)OC(=O)CCCCCCCCCCCCCCCC. The number of carbonyl (C=O) groups is 3. The summed E-state index contributed by atoms with van der Waals surface area (Å²) in [6.07, 6.45) is 58.0. The number of hydrogen-bond acceptors (Lipinski definition) is 6. The minimum absolute atomic E-state index is 0.0611. The number of rotatable bonds is 53. The highest BCUT2D eigenvalue weighted by atomic mass is 16.6. The lowest BCUT2D eigenvalue weighted by atomic mass is 10.0. The molecule has 0 spiro atoms. The van der Waals surface area contributed by atoms with Gasteiger partial charge in [0.05, 0.1) is 0 Å². The van der Waals surface area contributed by atoms with Gasteiger partial charge in [-0.2, -0.15) is 0 Å². The van der Waals surface area contributed by atoms with Crippen LogP contribution in [0.15, 0.2) is 0 Å². The molecule has 0 heterocycles. The number of esters is 3. The Bertz CT molecular complexity index is 936. The standard InChI is InChI=1S/C57H110O6/c1-4-7-10-13-16-19-22-25-28-29-30-33-35-38-41-44-47-50-56(59)62-53-54(63-57(60)51-48-45-42-39-36-32-27-24-21-18-15-12-9-6-3)52-61-55(58)49-46-43-40-37-34-31-26-23-20-17-14-11-8-5-2/h54H,4-53H2,1-3H3/t54-/m1/s1. The first-order chi connectivity index (χ1) is 31.0. The second kappa shape index (κ2) is 53.0. The van der Waals surface area contributed by atoms with E-state index in [1.807, 2.05) is 0 Å². The van der Waals surface area contributed by atoms with Gasteiger partial charge in [0.1, 0.15) is 13.2 Å². The van der Waals surface area contributed by atoms with E-state index in [-0.39, 0.29) is 31.1 Å². The molecule has 1 atom stereocenters. The van der Waals surface area contributed by atoms with Crippen molar-refractivity contribution in [2.24, 2.45) is 0 Å². The molecule has 374 valence electrons. The van der Waals surface area contributed by atoms with Gasteiger partial charge >= 0.3 is 17.9 Å². The van der Waals surface area contributed by atoms with Crippen LogP contribution in [0.5, 0.6) is 0 Å². The summed E-state index contributed by atoms with van der Waals surface area (Å²) in [6.45, 7) is 6.70. The molecule has 0 aliphatic carbocycles. The molecule has 0 rings (SSSR count). The summed E-state index contributed by atoms with van der Waals surface area (Å²) in [5.74, 6) is -0.833. The molecule has 0 saturated carbocycles. The zero-order valence-electron chi connectivity index (χ0n) is 42.9. The van der Waals surface area contributed by atoms with Crippen LogP contribution >= 0.6 is 0 Å². The molecule has 0 aromatic carbocycles. The van der Waals surface area contributed by atoms with E-state index in [1.165, 1.54) is 231 Å². The molecule has 0 radical (unpaired) electrons. The van der Waals surface area contributed by atoms with Crippen LogP contribution in [0, 0.1) is 0 Å².